The largest absolute Gasteiger partial charge is 0.473 e. The molecule has 2 aromatic carbocycles. The van der Waals surface area contributed by atoms with Crippen molar-refractivity contribution in [3.63, 3.8) is 0 Å². The van der Waals surface area contributed by atoms with Gasteiger partial charge in [0.05, 0.1) is 35.8 Å². The van der Waals surface area contributed by atoms with Gasteiger partial charge in [0.1, 0.15) is 30.4 Å². The summed E-state index contributed by atoms with van der Waals surface area (Å²) in [6.45, 7) is 6.63. The number of nitrogens with zero attached hydrogens (tertiary/aromatic N) is 6. The van der Waals surface area contributed by atoms with E-state index in [0.29, 0.717) is 42.2 Å². The first kappa shape index (κ1) is 29.7. The molecule has 6 rings (SSSR count). The van der Waals surface area contributed by atoms with Gasteiger partial charge >= 0.3 is 0 Å². The van der Waals surface area contributed by atoms with Gasteiger partial charge in [-0.3, -0.25) is 9.69 Å². The second-order valence-corrected chi connectivity index (χ2v) is 11.4. The highest BCUT2D eigenvalue weighted by Crippen LogP contribution is 2.37. The minimum Gasteiger partial charge on any atom is -0.473 e. The fourth-order valence-corrected chi connectivity index (χ4v) is 6.15. The zero-order chi connectivity index (χ0) is 30.5. The molecule has 228 valence electrons. The molecule has 1 saturated heterocycles. The van der Waals surface area contributed by atoms with Crippen LogP contribution in [0, 0.1) is 17.1 Å². The van der Waals surface area contributed by atoms with Crippen molar-refractivity contribution in [2.75, 3.05) is 31.2 Å². The van der Waals surface area contributed by atoms with E-state index in [0.717, 1.165) is 80.9 Å². The van der Waals surface area contributed by atoms with Gasteiger partial charge < -0.3 is 18.9 Å². The molecule has 1 aliphatic heterocycles. The molecule has 9 nitrogen and oxygen atoms in total. The highest BCUT2D eigenvalue weighted by molar-refractivity contribution is 5.85. The maximum Gasteiger partial charge on any atom is 0.215 e. The lowest BCUT2D eigenvalue weighted by Crippen LogP contribution is -2.64. The molecule has 4 aromatic rings. The number of nitriles is 1. The van der Waals surface area contributed by atoms with Gasteiger partial charge in [-0.05, 0) is 55.7 Å². The molecular weight excluding hydrogens is 559 g/mol. The Labute approximate surface area is 256 Å². The predicted octanol–water partition coefficient (Wildman–Crippen LogP) is 5.50. The number of rotatable bonds is 13. The van der Waals surface area contributed by atoms with Crippen molar-refractivity contribution in [2.45, 2.75) is 64.4 Å². The number of carbonyl (C=O) groups excluding carboxylic acids is 1. The molecule has 44 heavy (non-hydrogen) atoms. The molecule has 2 unspecified atom stereocenters. The number of aromatic nitrogens is 3. The van der Waals surface area contributed by atoms with Gasteiger partial charge in [-0.2, -0.15) is 10.2 Å². The zero-order valence-corrected chi connectivity index (χ0v) is 25.0. The van der Waals surface area contributed by atoms with Gasteiger partial charge in [-0.1, -0.05) is 25.5 Å². The number of hydrogen-bond acceptors (Lipinski definition) is 8. The smallest absolute Gasteiger partial charge is 0.215 e. The van der Waals surface area contributed by atoms with Crippen LogP contribution in [0.2, 0.25) is 0 Å². The first-order valence-corrected chi connectivity index (χ1v) is 15.4. The van der Waals surface area contributed by atoms with Crippen LogP contribution in [0.1, 0.15) is 59.9 Å². The standard InChI is InChI=1S/C34H37FN6O3/c1-2-3-16-43-17-15-41-31-19-25(22-42)8-10-28(31)37-33(41)21-39-13-14-40(30-12-11-29(30)39)32-5-4-6-34(38-32)44-23-26-9-7-24(20-36)18-27(26)35/h4-10,18-19,22,29-30H,2-3,11-17,21,23H2,1H3. The van der Waals surface area contributed by atoms with E-state index in [1.807, 2.05) is 36.4 Å². The van der Waals surface area contributed by atoms with Gasteiger partial charge in [-0.25, -0.2) is 9.37 Å². The van der Waals surface area contributed by atoms with Gasteiger partial charge in [-0.15, -0.1) is 0 Å². The van der Waals surface area contributed by atoms with E-state index < -0.39 is 5.82 Å². The Morgan fingerprint density at radius 3 is 2.73 bits per heavy atom. The highest BCUT2D eigenvalue weighted by Gasteiger charge is 2.43. The summed E-state index contributed by atoms with van der Waals surface area (Å²) < 4.78 is 28.3. The normalized spacial score (nSPS) is 18.1. The Morgan fingerprint density at radius 1 is 1.07 bits per heavy atom. The number of anilines is 1. The van der Waals surface area contributed by atoms with E-state index in [1.54, 1.807) is 18.2 Å². The number of ether oxygens (including phenoxy) is 2. The number of pyridine rings is 1. The lowest BCUT2D eigenvalue weighted by atomic mass is 9.81. The number of unbranched alkanes of at least 4 members (excludes halogenated alkanes) is 1. The average molecular weight is 597 g/mol. The number of aldehydes is 1. The monoisotopic (exact) mass is 596 g/mol. The fraction of sp³-hybridized carbons (Fsp3) is 0.412. The molecule has 0 spiro atoms. The quantitative estimate of drug-likeness (QED) is 0.147. The Balaban J connectivity index is 1.14. The number of fused-ring (bicyclic) bond motifs is 2. The third-order valence-electron chi connectivity index (χ3n) is 8.69. The molecule has 0 radical (unpaired) electrons. The van der Waals surface area contributed by atoms with E-state index in [9.17, 15) is 9.18 Å². The minimum atomic E-state index is -0.463. The number of imidazole rings is 1. The van der Waals surface area contributed by atoms with Crippen LogP contribution in [0.15, 0.2) is 54.6 Å². The average Bonchev–Trinajstić information content (AvgIpc) is 3.36. The van der Waals surface area contributed by atoms with Crippen molar-refractivity contribution in [1.82, 2.24) is 19.4 Å². The van der Waals surface area contributed by atoms with Crippen molar-refractivity contribution in [3.8, 4) is 11.9 Å². The second kappa shape index (κ2) is 13.5. The molecule has 2 aliphatic rings. The molecule has 0 amide bonds. The molecule has 0 N–H and O–H groups in total. The van der Waals surface area contributed by atoms with Gasteiger partial charge in [0.15, 0.2) is 0 Å². The van der Waals surface area contributed by atoms with Crippen LogP contribution in [0.5, 0.6) is 5.88 Å². The molecule has 10 heteroatoms. The molecule has 1 saturated carbocycles. The second-order valence-electron chi connectivity index (χ2n) is 11.4. The Morgan fingerprint density at radius 2 is 1.95 bits per heavy atom. The minimum absolute atomic E-state index is 0.0345. The van der Waals surface area contributed by atoms with Crippen molar-refractivity contribution in [3.05, 3.63) is 82.9 Å². The van der Waals surface area contributed by atoms with Crippen LogP contribution in [-0.2, 0) is 24.4 Å². The summed E-state index contributed by atoms with van der Waals surface area (Å²) in [5, 5.41) is 8.98. The van der Waals surface area contributed by atoms with Gasteiger partial charge in [0.2, 0.25) is 5.88 Å². The lowest BCUT2D eigenvalue weighted by molar-refractivity contribution is 0.0615. The first-order valence-electron chi connectivity index (χ1n) is 15.4. The summed E-state index contributed by atoms with van der Waals surface area (Å²) in [5.74, 6) is 1.82. The third kappa shape index (κ3) is 6.30. The summed E-state index contributed by atoms with van der Waals surface area (Å²) in [5.41, 5.74) is 3.16. The summed E-state index contributed by atoms with van der Waals surface area (Å²) in [4.78, 5) is 26.2. The number of benzene rings is 2. The van der Waals surface area contributed by atoms with E-state index in [2.05, 4.69) is 21.3 Å². The Bertz CT molecular complexity index is 1670. The molecule has 0 bridgehead atoms. The van der Waals surface area contributed by atoms with E-state index in [4.69, 9.17) is 24.7 Å². The van der Waals surface area contributed by atoms with Crippen LogP contribution >= 0.6 is 0 Å². The van der Waals surface area contributed by atoms with Crippen LogP contribution in [0.3, 0.4) is 0 Å². The Kier molecular flexibility index (Phi) is 9.15. The number of piperazine rings is 1. The van der Waals surface area contributed by atoms with Gasteiger partial charge in [0.25, 0.3) is 0 Å². The molecular formula is C34H37FN6O3. The topological polar surface area (TPSA) is 96.5 Å². The van der Waals surface area contributed by atoms with Crippen molar-refractivity contribution < 1.29 is 18.7 Å². The van der Waals surface area contributed by atoms with Crippen LogP contribution in [0.4, 0.5) is 10.2 Å². The molecule has 3 heterocycles. The number of halogens is 1. The van der Waals surface area contributed by atoms with Crippen molar-refractivity contribution in [2.24, 2.45) is 0 Å². The summed E-state index contributed by atoms with van der Waals surface area (Å²) in [7, 11) is 0. The SMILES string of the molecule is CCCCOCCn1c(CN2CCN(c3cccc(OCc4ccc(C#N)cc4F)n3)C3CCC32)nc2ccc(C=O)cc21. The van der Waals surface area contributed by atoms with Crippen LogP contribution in [0.25, 0.3) is 11.0 Å². The van der Waals surface area contributed by atoms with E-state index in [1.165, 1.54) is 6.07 Å². The first-order chi connectivity index (χ1) is 21.6. The maximum atomic E-state index is 14.3. The van der Waals surface area contributed by atoms with Gasteiger partial charge in [0, 0.05) is 55.5 Å². The molecule has 2 aromatic heterocycles. The maximum absolute atomic E-state index is 14.3. The predicted molar refractivity (Wildman–Crippen MR) is 165 cm³/mol. The zero-order valence-electron chi connectivity index (χ0n) is 25.0. The number of hydrogen-bond donors (Lipinski definition) is 0. The van der Waals surface area contributed by atoms with E-state index in [-0.39, 0.29) is 12.2 Å². The summed E-state index contributed by atoms with van der Waals surface area (Å²) in [6, 6.07) is 18.4. The van der Waals surface area contributed by atoms with Crippen molar-refractivity contribution in [1.29, 1.82) is 5.26 Å². The van der Waals surface area contributed by atoms with Crippen molar-refractivity contribution >= 4 is 23.1 Å². The third-order valence-corrected chi connectivity index (χ3v) is 8.69. The fourth-order valence-electron chi connectivity index (χ4n) is 6.15. The molecule has 1 aliphatic carbocycles. The highest BCUT2D eigenvalue weighted by atomic mass is 19.1. The summed E-state index contributed by atoms with van der Waals surface area (Å²) in [6.07, 6.45) is 5.20. The Hall–Kier alpha value is -4.33. The molecule has 2 fully saturated rings. The number of carbonyl (C=O) groups is 1. The van der Waals surface area contributed by atoms with Crippen LogP contribution in [-0.4, -0.2) is 64.1 Å². The van der Waals surface area contributed by atoms with Crippen LogP contribution < -0.4 is 9.64 Å². The summed E-state index contributed by atoms with van der Waals surface area (Å²) >= 11 is 0. The lowest BCUT2D eigenvalue weighted by Gasteiger charge is -2.54. The molecule has 2 atom stereocenters. The van der Waals surface area contributed by atoms with E-state index >= 15 is 0 Å².